The minimum Gasteiger partial charge on any atom is -0.477 e. The molecule has 2 atom stereocenters. The molecule has 1 aromatic rings. The van der Waals surface area contributed by atoms with Gasteiger partial charge in [0.25, 0.3) is 17.7 Å². The van der Waals surface area contributed by atoms with Crippen LogP contribution in [-0.4, -0.2) is 85.5 Å². The number of carbonyl (C=O) groups is 6. The number of β-lactam (4-membered cyclic amide) rings is 1. The molecule has 0 bridgehead atoms. The normalized spacial score (nSPS) is 19.3. The Balaban J connectivity index is 1.79. The number of thiazole rings is 1. The van der Waals surface area contributed by atoms with E-state index in [4.69, 9.17) is 21.0 Å². The summed E-state index contributed by atoms with van der Waals surface area (Å²) in [4.78, 5) is 82.4. The van der Waals surface area contributed by atoms with Crippen molar-refractivity contribution in [2.45, 2.75) is 44.2 Å². The first-order chi connectivity index (χ1) is 17.7. The Morgan fingerprint density at radius 3 is 2.55 bits per heavy atom. The topological polar surface area (TPSA) is 234 Å². The van der Waals surface area contributed by atoms with E-state index in [1.807, 2.05) is 0 Å². The van der Waals surface area contributed by atoms with Gasteiger partial charge in [0.2, 0.25) is 5.60 Å². The van der Waals surface area contributed by atoms with E-state index in [-0.39, 0.29) is 33.6 Å². The lowest BCUT2D eigenvalue weighted by molar-refractivity contribution is -0.150. The molecule has 17 heteroatoms. The van der Waals surface area contributed by atoms with Crippen LogP contribution in [0.1, 0.15) is 32.9 Å². The summed E-state index contributed by atoms with van der Waals surface area (Å²) >= 11 is 2.15. The van der Waals surface area contributed by atoms with Crippen molar-refractivity contribution in [2.75, 3.05) is 18.1 Å². The van der Waals surface area contributed by atoms with Gasteiger partial charge in [-0.2, -0.15) is 0 Å². The summed E-state index contributed by atoms with van der Waals surface area (Å²) in [6.45, 7) is 3.47. The van der Waals surface area contributed by atoms with Crippen LogP contribution in [0.2, 0.25) is 0 Å². The SMILES string of the molecule is CC(=O)CC(=O)OCC1=C(C(=O)O)N2C(=O)[C@@H](NC(=O)C(=NOC(C)(C)C(N)=O)c3csc(N)n3)[C@@H]2SC1. The minimum atomic E-state index is -1.57. The number of amides is 3. The summed E-state index contributed by atoms with van der Waals surface area (Å²) in [5, 5.41) is 16.7. The first-order valence-corrected chi connectivity index (χ1v) is 12.8. The van der Waals surface area contributed by atoms with E-state index in [0.29, 0.717) is 0 Å². The number of esters is 1. The molecular weight excluding hydrogens is 544 g/mol. The molecule has 38 heavy (non-hydrogen) atoms. The average Bonchev–Trinajstić information content (AvgIpc) is 3.25. The van der Waals surface area contributed by atoms with Gasteiger partial charge in [-0.15, -0.1) is 23.1 Å². The number of aromatic nitrogens is 1. The van der Waals surface area contributed by atoms with Gasteiger partial charge in [-0.1, -0.05) is 5.16 Å². The van der Waals surface area contributed by atoms with Crippen LogP contribution < -0.4 is 16.8 Å². The lowest BCUT2D eigenvalue weighted by atomic mass is 10.0. The molecule has 0 spiro atoms. The molecule has 2 aliphatic rings. The molecule has 1 aromatic heterocycles. The van der Waals surface area contributed by atoms with Crippen LogP contribution in [0.25, 0.3) is 0 Å². The van der Waals surface area contributed by atoms with Crippen molar-refractivity contribution in [3.05, 3.63) is 22.3 Å². The fourth-order valence-corrected chi connectivity index (χ4v) is 5.11. The Morgan fingerprint density at radius 2 is 2.00 bits per heavy atom. The minimum absolute atomic E-state index is 0.0194. The van der Waals surface area contributed by atoms with Gasteiger partial charge in [0.15, 0.2) is 10.8 Å². The van der Waals surface area contributed by atoms with Gasteiger partial charge in [-0.3, -0.25) is 28.9 Å². The first-order valence-electron chi connectivity index (χ1n) is 10.9. The van der Waals surface area contributed by atoms with Crippen molar-refractivity contribution in [1.82, 2.24) is 15.2 Å². The number of hydrogen-bond acceptors (Lipinski definition) is 13. The number of thioether (sulfide) groups is 1. The molecule has 0 radical (unpaired) electrons. The Labute approximate surface area is 223 Å². The number of ether oxygens (including phenoxy) is 1. The predicted molar refractivity (Wildman–Crippen MR) is 133 cm³/mol. The summed E-state index contributed by atoms with van der Waals surface area (Å²) in [5.74, 6) is -5.04. The fourth-order valence-electron chi connectivity index (χ4n) is 3.23. The van der Waals surface area contributed by atoms with Crippen LogP contribution >= 0.6 is 23.1 Å². The number of aliphatic carboxylic acids is 1. The second-order valence-electron chi connectivity index (χ2n) is 8.63. The quantitative estimate of drug-likeness (QED) is 0.0825. The molecular formula is C21H24N6O9S2. The maximum Gasteiger partial charge on any atom is 0.352 e. The number of Topliss-reactive ketones (excluding diaryl/α,β-unsaturated/α-hetero) is 1. The number of fused-ring (bicyclic) bond motifs is 1. The highest BCUT2D eigenvalue weighted by molar-refractivity contribution is 8.00. The molecule has 0 saturated carbocycles. The van der Waals surface area contributed by atoms with Crippen LogP contribution in [-0.2, 0) is 38.3 Å². The van der Waals surface area contributed by atoms with Crippen molar-refractivity contribution < 1.29 is 43.4 Å². The molecule has 204 valence electrons. The second-order valence-corrected chi connectivity index (χ2v) is 10.6. The van der Waals surface area contributed by atoms with E-state index in [9.17, 15) is 33.9 Å². The number of anilines is 1. The van der Waals surface area contributed by atoms with Crippen LogP contribution in [0.3, 0.4) is 0 Å². The molecule has 3 amide bonds. The molecule has 0 aliphatic carbocycles. The van der Waals surface area contributed by atoms with Crippen LogP contribution in [0.15, 0.2) is 21.8 Å². The van der Waals surface area contributed by atoms with E-state index in [1.165, 1.54) is 26.2 Å². The Bertz CT molecular complexity index is 1270. The summed E-state index contributed by atoms with van der Waals surface area (Å²) < 4.78 is 4.98. The largest absolute Gasteiger partial charge is 0.477 e. The maximum absolute atomic E-state index is 13.1. The van der Waals surface area contributed by atoms with E-state index < -0.39 is 65.5 Å². The smallest absolute Gasteiger partial charge is 0.352 e. The number of nitrogens with two attached hydrogens (primary N) is 2. The number of nitrogens with zero attached hydrogens (tertiary/aromatic N) is 3. The van der Waals surface area contributed by atoms with Gasteiger partial charge in [-0.05, 0) is 20.8 Å². The number of nitrogen functional groups attached to an aromatic ring is 1. The first kappa shape index (κ1) is 28.6. The number of carbonyl (C=O) groups excluding carboxylic acids is 5. The lowest BCUT2D eigenvalue weighted by Gasteiger charge is -2.49. The zero-order chi connectivity index (χ0) is 28.4. The molecule has 3 rings (SSSR count). The summed E-state index contributed by atoms with van der Waals surface area (Å²) in [6, 6.07) is -1.13. The Kier molecular flexibility index (Phi) is 8.41. The molecule has 15 nitrogen and oxygen atoms in total. The third-order valence-electron chi connectivity index (χ3n) is 5.28. The fraction of sp³-hybridized carbons (Fsp3) is 0.429. The predicted octanol–water partition coefficient (Wildman–Crippen LogP) is -1.03. The highest BCUT2D eigenvalue weighted by Crippen LogP contribution is 2.40. The van der Waals surface area contributed by atoms with Crippen molar-refractivity contribution in [3.63, 3.8) is 0 Å². The van der Waals surface area contributed by atoms with Crippen molar-refractivity contribution in [1.29, 1.82) is 0 Å². The van der Waals surface area contributed by atoms with Crippen LogP contribution in [0.5, 0.6) is 0 Å². The number of ketones is 1. The van der Waals surface area contributed by atoms with Gasteiger partial charge in [0.1, 0.15) is 41.6 Å². The van der Waals surface area contributed by atoms with Gasteiger partial charge >= 0.3 is 11.9 Å². The zero-order valence-corrected chi connectivity index (χ0v) is 22.0. The van der Waals surface area contributed by atoms with E-state index in [0.717, 1.165) is 28.0 Å². The molecule has 1 fully saturated rings. The molecule has 3 heterocycles. The molecule has 0 aromatic carbocycles. The molecule has 1 saturated heterocycles. The monoisotopic (exact) mass is 568 g/mol. The van der Waals surface area contributed by atoms with Crippen LogP contribution in [0.4, 0.5) is 5.13 Å². The van der Waals surface area contributed by atoms with Gasteiger partial charge in [0.05, 0.1) is 0 Å². The van der Waals surface area contributed by atoms with Gasteiger partial charge < -0.3 is 31.5 Å². The highest BCUT2D eigenvalue weighted by Gasteiger charge is 2.54. The third-order valence-corrected chi connectivity index (χ3v) is 7.29. The number of carboxylic acids is 1. The second kappa shape index (κ2) is 11.2. The number of hydrogen-bond donors (Lipinski definition) is 4. The number of oxime groups is 1. The molecule has 6 N–H and O–H groups in total. The number of carboxylic acid groups (broad SMARTS) is 1. The molecule has 2 aliphatic heterocycles. The molecule has 0 unspecified atom stereocenters. The van der Waals surface area contributed by atoms with Crippen molar-refractivity contribution >= 4 is 69.4 Å². The number of nitrogens with one attached hydrogen (secondary N) is 1. The summed E-state index contributed by atoms with van der Waals surface area (Å²) in [5.41, 5.74) is 8.79. The standard InChI is InChI=1S/C21H24N6O9S2/c1-8(28)4-11(29)35-5-9-6-37-17-13(16(31)27(17)14(9)18(32)33)25-15(30)12(10-7-38-20(23)24-10)26-36-21(2,3)19(22)34/h7,13,17H,4-6H2,1-3H3,(H2,22,34)(H2,23,24)(H,25,30)(H,32,33)/t13-,17+/m1/s1. The van der Waals surface area contributed by atoms with Crippen molar-refractivity contribution in [3.8, 4) is 0 Å². The van der Waals surface area contributed by atoms with E-state index in [1.54, 1.807) is 0 Å². The Morgan fingerprint density at radius 1 is 1.32 bits per heavy atom. The zero-order valence-electron chi connectivity index (χ0n) is 20.4. The van der Waals surface area contributed by atoms with Crippen molar-refractivity contribution in [2.24, 2.45) is 10.9 Å². The Hall–Kier alpha value is -3.99. The third kappa shape index (κ3) is 6.10. The van der Waals surface area contributed by atoms with Crippen LogP contribution in [0, 0.1) is 0 Å². The van der Waals surface area contributed by atoms with E-state index in [2.05, 4.69) is 15.5 Å². The summed E-state index contributed by atoms with van der Waals surface area (Å²) in [7, 11) is 0. The summed E-state index contributed by atoms with van der Waals surface area (Å²) in [6.07, 6.45) is -0.461. The average molecular weight is 569 g/mol. The highest BCUT2D eigenvalue weighted by atomic mass is 32.2. The van der Waals surface area contributed by atoms with E-state index >= 15 is 0 Å². The number of rotatable bonds is 11. The van der Waals surface area contributed by atoms with Gasteiger partial charge in [-0.25, -0.2) is 9.78 Å². The lowest BCUT2D eigenvalue weighted by Crippen LogP contribution is -2.71. The maximum atomic E-state index is 13.1. The van der Waals surface area contributed by atoms with Gasteiger partial charge in [0, 0.05) is 16.7 Å². The number of primary amides is 1.